The molecule has 10 heteroatoms. The Morgan fingerprint density at radius 1 is 1.14 bits per heavy atom. The van der Waals surface area contributed by atoms with Gasteiger partial charge in [0.05, 0.1) is 18.3 Å². The zero-order valence-electron chi connectivity index (χ0n) is 14.7. The summed E-state index contributed by atoms with van der Waals surface area (Å²) in [6.45, 7) is 0. The fourth-order valence-corrected chi connectivity index (χ4v) is 2.74. The number of pyridine rings is 1. The van der Waals surface area contributed by atoms with Crippen LogP contribution in [0.25, 0.3) is 22.2 Å². The van der Waals surface area contributed by atoms with E-state index in [4.69, 9.17) is 21.1 Å². The summed E-state index contributed by atoms with van der Waals surface area (Å²) in [5, 5.41) is 4.57. The third-order valence-corrected chi connectivity index (χ3v) is 4.06. The van der Waals surface area contributed by atoms with Gasteiger partial charge in [-0.1, -0.05) is 6.07 Å². The van der Waals surface area contributed by atoms with Crippen LogP contribution in [-0.4, -0.2) is 37.9 Å². The number of rotatable bonds is 4. The second kappa shape index (κ2) is 6.83. The molecule has 0 amide bonds. The summed E-state index contributed by atoms with van der Waals surface area (Å²) in [4.78, 5) is 26.1. The van der Waals surface area contributed by atoms with Gasteiger partial charge in [0.1, 0.15) is 23.5 Å². The predicted octanol–water partition coefficient (Wildman–Crippen LogP) is 1.41. The molecule has 0 radical (unpaired) electrons. The number of fused-ring (bicyclic) bond motifs is 1. The largest absolute Gasteiger partial charge is 0.497 e. The zero-order valence-corrected chi connectivity index (χ0v) is 14.7. The van der Waals surface area contributed by atoms with Crippen molar-refractivity contribution in [2.24, 2.45) is 0 Å². The van der Waals surface area contributed by atoms with Gasteiger partial charge in [-0.2, -0.15) is 4.79 Å². The molecule has 0 fully saturated rings. The van der Waals surface area contributed by atoms with Gasteiger partial charge in [0.2, 0.25) is 5.88 Å². The van der Waals surface area contributed by atoms with Crippen molar-refractivity contribution in [2.45, 2.75) is 0 Å². The van der Waals surface area contributed by atoms with Crippen LogP contribution >= 0.6 is 0 Å². The number of carbonyl (C=O) groups excluding carboxylic acids is 1. The van der Waals surface area contributed by atoms with Gasteiger partial charge < -0.3 is 21.1 Å². The molecule has 3 aromatic heterocycles. The van der Waals surface area contributed by atoms with Crippen LogP contribution in [-0.2, 0) is 0 Å². The standard InChI is InChI=1S/C18H15N7O3/c1-27-10-5-6-11-13(8-10)25(20)24-15(11)18(26)28-17-14(16(19)22-9-23-17)12-4-2-3-7-21-12/h2-9H,20H2,1H3,(H2,19,22,23). The topological polar surface area (TPSA) is 144 Å². The molecule has 140 valence electrons. The molecule has 28 heavy (non-hydrogen) atoms. The number of nitrogen functional groups attached to an aromatic ring is 2. The number of methoxy groups -OCH3 is 1. The summed E-state index contributed by atoms with van der Waals surface area (Å²) < 4.78 is 10.6. The van der Waals surface area contributed by atoms with Crippen LogP contribution in [0.2, 0.25) is 0 Å². The minimum Gasteiger partial charge on any atom is -0.497 e. The first-order valence-electron chi connectivity index (χ1n) is 8.14. The lowest BCUT2D eigenvalue weighted by Crippen LogP contribution is -2.15. The smallest absolute Gasteiger partial charge is 0.366 e. The van der Waals surface area contributed by atoms with Crippen molar-refractivity contribution in [3.8, 4) is 22.9 Å². The van der Waals surface area contributed by atoms with E-state index in [2.05, 4.69) is 20.1 Å². The Morgan fingerprint density at radius 2 is 2.00 bits per heavy atom. The van der Waals surface area contributed by atoms with E-state index >= 15 is 0 Å². The lowest BCUT2D eigenvalue weighted by Gasteiger charge is -2.09. The Balaban J connectivity index is 1.74. The van der Waals surface area contributed by atoms with Gasteiger partial charge in [0.15, 0.2) is 5.69 Å². The molecule has 0 aliphatic rings. The molecule has 0 unspecified atom stereocenters. The van der Waals surface area contributed by atoms with Gasteiger partial charge in [-0.3, -0.25) is 4.98 Å². The number of carbonyl (C=O) groups is 1. The summed E-state index contributed by atoms with van der Waals surface area (Å²) >= 11 is 0. The van der Waals surface area contributed by atoms with Gasteiger partial charge >= 0.3 is 5.97 Å². The fourth-order valence-electron chi connectivity index (χ4n) is 2.74. The zero-order chi connectivity index (χ0) is 19.7. The van der Waals surface area contributed by atoms with E-state index in [1.807, 2.05) is 0 Å². The second-order valence-corrected chi connectivity index (χ2v) is 5.72. The highest BCUT2D eigenvalue weighted by Gasteiger charge is 2.23. The van der Waals surface area contributed by atoms with Crippen molar-refractivity contribution in [3.05, 3.63) is 54.6 Å². The SMILES string of the molecule is COc1ccc2c(C(=O)Oc3ncnc(N)c3-c3ccccn3)nn(N)c2c1. The molecule has 4 N–H and O–H groups in total. The van der Waals surface area contributed by atoms with Gasteiger partial charge in [0, 0.05) is 17.6 Å². The van der Waals surface area contributed by atoms with Gasteiger partial charge in [-0.15, -0.1) is 5.10 Å². The average molecular weight is 377 g/mol. The van der Waals surface area contributed by atoms with E-state index in [-0.39, 0.29) is 17.4 Å². The highest BCUT2D eigenvalue weighted by molar-refractivity contribution is 6.03. The Morgan fingerprint density at radius 3 is 2.75 bits per heavy atom. The summed E-state index contributed by atoms with van der Waals surface area (Å²) in [6.07, 6.45) is 2.79. The van der Waals surface area contributed by atoms with Crippen molar-refractivity contribution in [2.75, 3.05) is 18.7 Å². The Kier molecular flexibility index (Phi) is 4.20. The normalized spacial score (nSPS) is 10.8. The number of hydrogen-bond donors (Lipinski definition) is 2. The second-order valence-electron chi connectivity index (χ2n) is 5.72. The third-order valence-electron chi connectivity index (χ3n) is 4.06. The number of benzene rings is 1. The number of ether oxygens (including phenoxy) is 2. The van der Waals surface area contributed by atoms with Crippen LogP contribution in [0.15, 0.2) is 48.9 Å². The van der Waals surface area contributed by atoms with Crippen molar-refractivity contribution in [1.29, 1.82) is 0 Å². The molecular weight excluding hydrogens is 362 g/mol. The Hall–Kier alpha value is -4.21. The molecule has 0 saturated heterocycles. The maximum atomic E-state index is 12.8. The highest BCUT2D eigenvalue weighted by atomic mass is 16.5. The minimum atomic E-state index is -0.741. The van der Waals surface area contributed by atoms with Crippen molar-refractivity contribution in [3.63, 3.8) is 0 Å². The van der Waals surface area contributed by atoms with Crippen LogP contribution in [0, 0.1) is 0 Å². The quantitative estimate of drug-likeness (QED) is 0.398. The molecule has 3 heterocycles. The first kappa shape index (κ1) is 17.2. The van der Waals surface area contributed by atoms with E-state index in [1.165, 1.54) is 13.4 Å². The molecule has 4 aromatic rings. The molecule has 1 aromatic carbocycles. The first-order chi connectivity index (χ1) is 13.6. The first-order valence-corrected chi connectivity index (χ1v) is 8.14. The Bertz CT molecular complexity index is 1170. The van der Waals surface area contributed by atoms with Crippen LogP contribution in [0.5, 0.6) is 11.6 Å². The summed E-state index contributed by atoms with van der Waals surface area (Å²) in [5.41, 5.74) is 7.29. The van der Waals surface area contributed by atoms with E-state index < -0.39 is 5.97 Å². The van der Waals surface area contributed by atoms with E-state index in [9.17, 15) is 4.79 Å². The molecule has 0 spiro atoms. The molecule has 0 saturated carbocycles. The minimum absolute atomic E-state index is 0.0237. The maximum absolute atomic E-state index is 12.8. The lowest BCUT2D eigenvalue weighted by atomic mass is 10.2. The number of aromatic nitrogens is 5. The van der Waals surface area contributed by atoms with Crippen molar-refractivity contribution >= 4 is 22.7 Å². The molecule has 10 nitrogen and oxygen atoms in total. The highest BCUT2D eigenvalue weighted by Crippen LogP contribution is 2.31. The number of nitrogens with zero attached hydrogens (tertiary/aromatic N) is 5. The predicted molar refractivity (Wildman–Crippen MR) is 101 cm³/mol. The number of esters is 1. The van der Waals surface area contributed by atoms with Crippen molar-refractivity contribution in [1.82, 2.24) is 24.8 Å². The fraction of sp³-hybridized carbons (Fsp3) is 0.0556. The third kappa shape index (κ3) is 2.92. The van der Waals surface area contributed by atoms with Crippen molar-refractivity contribution < 1.29 is 14.3 Å². The van der Waals surface area contributed by atoms with E-state index in [1.54, 1.807) is 42.6 Å². The van der Waals surface area contributed by atoms with Gasteiger partial charge in [-0.05, 0) is 24.3 Å². The van der Waals surface area contributed by atoms with Gasteiger partial charge in [0.25, 0.3) is 0 Å². The van der Waals surface area contributed by atoms with Crippen LogP contribution in [0.1, 0.15) is 10.5 Å². The van der Waals surface area contributed by atoms with Crippen LogP contribution in [0.3, 0.4) is 0 Å². The maximum Gasteiger partial charge on any atom is 0.366 e. The number of hydrogen-bond acceptors (Lipinski definition) is 9. The molecule has 0 atom stereocenters. The van der Waals surface area contributed by atoms with E-state index in [0.29, 0.717) is 27.9 Å². The molecule has 4 rings (SSSR count). The molecule has 0 bridgehead atoms. The number of nitrogens with two attached hydrogens (primary N) is 2. The monoisotopic (exact) mass is 377 g/mol. The van der Waals surface area contributed by atoms with Crippen LogP contribution in [0.4, 0.5) is 5.82 Å². The summed E-state index contributed by atoms with van der Waals surface area (Å²) in [6, 6.07) is 10.3. The molecular formula is C18H15N7O3. The average Bonchev–Trinajstić information content (AvgIpc) is 3.05. The number of anilines is 1. The molecule has 0 aliphatic heterocycles. The van der Waals surface area contributed by atoms with Crippen LogP contribution < -0.4 is 21.1 Å². The molecule has 0 aliphatic carbocycles. The van der Waals surface area contributed by atoms with E-state index in [0.717, 1.165) is 4.79 Å². The lowest BCUT2D eigenvalue weighted by molar-refractivity contribution is 0.0723. The Labute approximate surface area is 158 Å². The van der Waals surface area contributed by atoms with Gasteiger partial charge in [-0.25, -0.2) is 14.8 Å². The summed E-state index contributed by atoms with van der Waals surface area (Å²) in [5.74, 6) is 5.82. The summed E-state index contributed by atoms with van der Waals surface area (Å²) in [7, 11) is 1.53.